The molecule has 1 aromatic rings. The second kappa shape index (κ2) is 4.56. The van der Waals surface area contributed by atoms with E-state index in [4.69, 9.17) is 0 Å². The van der Waals surface area contributed by atoms with Gasteiger partial charge in [-0.05, 0) is 35.4 Å². The molecule has 0 unspecified atom stereocenters. The lowest BCUT2D eigenvalue weighted by atomic mass is 10.3. The van der Waals surface area contributed by atoms with Crippen molar-refractivity contribution < 1.29 is 0 Å². The topological polar surface area (TPSA) is 52.2 Å². The Morgan fingerprint density at radius 1 is 1.29 bits per heavy atom. The Kier molecular flexibility index (Phi) is 3.08. The highest BCUT2D eigenvalue weighted by molar-refractivity contribution is 14.1. The van der Waals surface area contributed by atoms with Gasteiger partial charge in [0.05, 0.1) is 6.33 Å². The van der Waals surface area contributed by atoms with Crippen LogP contribution in [0.1, 0.15) is 12.8 Å². The summed E-state index contributed by atoms with van der Waals surface area (Å²) >= 11 is 2.08. The molecular formula is C11H15IN4O. The van der Waals surface area contributed by atoms with Crippen molar-refractivity contribution in [1.82, 2.24) is 14.9 Å². The summed E-state index contributed by atoms with van der Waals surface area (Å²) in [6.07, 6.45) is 4.22. The predicted molar refractivity (Wildman–Crippen MR) is 74.4 cm³/mol. The molecule has 92 valence electrons. The summed E-state index contributed by atoms with van der Waals surface area (Å²) in [7, 11) is 0. The van der Waals surface area contributed by atoms with Crippen LogP contribution in [-0.2, 0) is 0 Å². The fourth-order valence-electron chi connectivity index (χ4n) is 2.33. The van der Waals surface area contributed by atoms with E-state index in [1.54, 1.807) is 0 Å². The molecule has 0 bridgehead atoms. The van der Waals surface area contributed by atoms with E-state index in [2.05, 4.69) is 42.4 Å². The number of rotatable bonds is 2. The van der Waals surface area contributed by atoms with Crippen LogP contribution < -0.4 is 10.5 Å². The third-order valence-corrected chi connectivity index (χ3v) is 4.43. The maximum Gasteiger partial charge on any atom is 0.266 e. The SMILES string of the molecule is O=c1[nH]cnc(N2CCN(C3CC3)CC2)c1I. The van der Waals surface area contributed by atoms with Gasteiger partial charge >= 0.3 is 0 Å². The predicted octanol–water partition coefficient (Wildman–Crippen LogP) is 0.659. The Labute approximate surface area is 113 Å². The van der Waals surface area contributed by atoms with Gasteiger partial charge in [-0.25, -0.2) is 4.98 Å². The molecule has 1 aliphatic carbocycles. The number of nitrogens with one attached hydrogen (secondary N) is 1. The van der Waals surface area contributed by atoms with Crippen LogP contribution in [0, 0.1) is 3.57 Å². The quantitative estimate of drug-likeness (QED) is 0.800. The number of piperazine rings is 1. The number of H-pyrrole nitrogens is 1. The first-order valence-corrected chi connectivity index (χ1v) is 7.06. The summed E-state index contributed by atoms with van der Waals surface area (Å²) < 4.78 is 0.699. The van der Waals surface area contributed by atoms with Gasteiger partial charge < -0.3 is 9.88 Å². The monoisotopic (exact) mass is 346 g/mol. The van der Waals surface area contributed by atoms with Crippen molar-refractivity contribution in [2.45, 2.75) is 18.9 Å². The minimum Gasteiger partial charge on any atom is -0.353 e. The second-order valence-corrected chi connectivity index (χ2v) is 5.70. The van der Waals surface area contributed by atoms with Gasteiger partial charge in [-0.2, -0.15) is 0 Å². The summed E-state index contributed by atoms with van der Waals surface area (Å²) in [5.41, 5.74) is -0.0415. The van der Waals surface area contributed by atoms with Crippen LogP contribution in [0.5, 0.6) is 0 Å². The first-order chi connectivity index (χ1) is 8.25. The Bertz CT molecular complexity index is 463. The van der Waals surface area contributed by atoms with Crippen molar-refractivity contribution in [2.24, 2.45) is 0 Å². The van der Waals surface area contributed by atoms with E-state index in [1.165, 1.54) is 19.2 Å². The third-order valence-electron chi connectivity index (χ3n) is 3.46. The maximum absolute atomic E-state index is 11.5. The fourth-order valence-corrected chi connectivity index (χ4v) is 2.97. The zero-order valence-corrected chi connectivity index (χ0v) is 11.7. The van der Waals surface area contributed by atoms with Crippen LogP contribution in [0.3, 0.4) is 0 Å². The first-order valence-electron chi connectivity index (χ1n) is 5.98. The Hall–Kier alpha value is -0.630. The molecule has 2 fully saturated rings. The van der Waals surface area contributed by atoms with E-state index in [0.29, 0.717) is 3.57 Å². The van der Waals surface area contributed by atoms with Gasteiger partial charge in [0.1, 0.15) is 9.39 Å². The standard InChI is InChI=1S/C11H15IN4O/c12-9-10(13-7-14-11(9)17)16-5-3-15(4-6-16)8-1-2-8/h7-8H,1-6H2,(H,13,14,17). The Balaban J connectivity index is 1.73. The number of aromatic nitrogens is 2. The van der Waals surface area contributed by atoms with Gasteiger partial charge in [0.25, 0.3) is 5.56 Å². The molecule has 1 aliphatic heterocycles. The molecule has 0 spiro atoms. The lowest BCUT2D eigenvalue weighted by Crippen LogP contribution is -2.48. The van der Waals surface area contributed by atoms with Crippen LogP contribution in [0.4, 0.5) is 5.82 Å². The van der Waals surface area contributed by atoms with Gasteiger partial charge in [0.15, 0.2) is 0 Å². The van der Waals surface area contributed by atoms with Crippen LogP contribution in [0.2, 0.25) is 0 Å². The van der Waals surface area contributed by atoms with Crippen LogP contribution in [0.25, 0.3) is 0 Å². The van der Waals surface area contributed by atoms with Gasteiger partial charge in [-0.1, -0.05) is 0 Å². The maximum atomic E-state index is 11.5. The molecule has 17 heavy (non-hydrogen) atoms. The van der Waals surface area contributed by atoms with E-state index in [-0.39, 0.29) is 5.56 Å². The molecule has 0 radical (unpaired) electrons. The molecule has 0 atom stereocenters. The van der Waals surface area contributed by atoms with Crippen molar-refractivity contribution in [3.8, 4) is 0 Å². The van der Waals surface area contributed by atoms with Gasteiger partial charge in [0, 0.05) is 32.2 Å². The highest BCUT2D eigenvalue weighted by atomic mass is 127. The van der Waals surface area contributed by atoms with E-state index in [0.717, 1.165) is 38.0 Å². The molecule has 2 aliphatic rings. The molecular weight excluding hydrogens is 331 g/mol. The molecule has 5 nitrogen and oxygen atoms in total. The second-order valence-electron chi connectivity index (χ2n) is 4.62. The number of hydrogen-bond donors (Lipinski definition) is 1. The fraction of sp³-hybridized carbons (Fsp3) is 0.636. The third kappa shape index (κ3) is 2.33. The average Bonchev–Trinajstić information content (AvgIpc) is 3.17. The number of anilines is 1. The van der Waals surface area contributed by atoms with Gasteiger partial charge in [0.2, 0.25) is 0 Å². The lowest BCUT2D eigenvalue weighted by Gasteiger charge is -2.35. The van der Waals surface area contributed by atoms with Gasteiger partial charge in [-0.3, -0.25) is 9.69 Å². The average molecular weight is 346 g/mol. The number of aromatic amines is 1. The summed E-state index contributed by atoms with van der Waals surface area (Å²) in [6, 6.07) is 0.836. The number of halogens is 1. The summed E-state index contributed by atoms with van der Waals surface area (Å²) in [5, 5.41) is 0. The van der Waals surface area contributed by atoms with E-state index >= 15 is 0 Å². The van der Waals surface area contributed by atoms with Crippen LogP contribution >= 0.6 is 22.6 Å². The van der Waals surface area contributed by atoms with Gasteiger partial charge in [-0.15, -0.1) is 0 Å². The molecule has 3 rings (SSSR count). The smallest absolute Gasteiger partial charge is 0.266 e. The Morgan fingerprint density at radius 2 is 2.00 bits per heavy atom. The van der Waals surface area contributed by atoms with E-state index in [1.807, 2.05) is 0 Å². The van der Waals surface area contributed by atoms with E-state index in [9.17, 15) is 4.79 Å². The molecule has 0 amide bonds. The van der Waals surface area contributed by atoms with E-state index < -0.39 is 0 Å². The molecule has 1 aromatic heterocycles. The van der Waals surface area contributed by atoms with Crippen molar-refractivity contribution in [3.63, 3.8) is 0 Å². The zero-order chi connectivity index (χ0) is 11.8. The number of nitrogens with zero attached hydrogens (tertiary/aromatic N) is 3. The van der Waals surface area contributed by atoms with Crippen molar-refractivity contribution in [2.75, 3.05) is 31.1 Å². The largest absolute Gasteiger partial charge is 0.353 e. The minimum atomic E-state index is -0.0415. The molecule has 0 aromatic carbocycles. The van der Waals surface area contributed by atoms with Crippen molar-refractivity contribution >= 4 is 28.4 Å². The molecule has 1 N–H and O–H groups in total. The molecule has 6 heteroatoms. The normalized spacial score (nSPS) is 21.8. The van der Waals surface area contributed by atoms with Crippen LogP contribution in [-0.4, -0.2) is 47.1 Å². The first kappa shape index (κ1) is 11.5. The van der Waals surface area contributed by atoms with Crippen molar-refractivity contribution in [3.05, 3.63) is 20.3 Å². The molecule has 2 heterocycles. The lowest BCUT2D eigenvalue weighted by molar-refractivity contribution is 0.247. The zero-order valence-electron chi connectivity index (χ0n) is 9.53. The molecule has 1 saturated carbocycles. The van der Waals surface area contributed by atoms with Crippen molar-refractivity contribution in [1.29, 1.82) is 0 Å². The minimum absolute atomic E-state index is 0.0415. The Morgan fingerprint density at radius 3 is 2.65 bits per heavy atom. The highest BCUT2D eigenvalue weighted by Crippen LogP contribution is 2.28. The number of hydrogen-bond acceptors (Lipinski definition) is 4. The summed E-state index contributed by atoms with van der Waals surface area (Å²) in [6.45, 7) is 4.14. The molecule has 1 saturated heterocycles. The van der Waals surface area contributed by atoms with Crippen LogP contribution in [0.15, 0.2) is 11.1 Å². The summed E-state index contributed by atoms with van der Waals surface area (Å²) in [4.78, 5) is 23.2. The highest BCUT2D eigenvalue weighted by Gasteiger charge is 2.31. The summed E-state index contributed by atoms with van der Waals surface area (Å²) in [5.74, 6) is 0.838.